The Morgan fingerprint density at radius 1 is 1.00 bits per heavy atom. The van der Waals surface area contributed by atoms with Crippen LogP contribution in [-0.2, 0) is 14.3 Å². The van der Waals surface area contributed by atoms with Crippen LogP contribution in [0.3, 0.4) is 0 Å². The number of amides is 2. The van der Waals surface area contributed by atoms with Crippen LogP contribution < -0.4 is 0 Å². The second-order valence-corrected chi connectivity index (χ2v) is 5.47. The minimum atomic E-state index is 0.0337. The molecule has 0 aromatic carbocycles. The maximum Gasteiger partial charge on any atom is 0.248 e. The second kappa shape index (κ2) is 6.89. The van der Waals surface area contributed by atoms with Crippen molar-refractivity contribution in [2.24, 2.45) is 5.92 Å². The number of piperidine rings is 2. The zero-order valence-electron chi connectivity index (χ0n) is 11.8. The number of carbonyl (C=O) groups excluding carboxylic acids is 2. The largest absolute Gasteiger partial charge is 0.375 e. The first kappa shape index (κ1) is 14.3. The third-order valence-electron chi connectivity index (χ3n) is 4.13. The molecular formula is C14H24N2O3. The van der Waals surface area contributed by atoms with Crippen molar-refractivity contribution in [3.05, 3.63) is 0 Å². The van der Waals surface area contributed by atoms with E-state index in [1.54, 1.807) is 0 Å². The van der Waals surface area contributed by atoms with E-state index in [2.05, 4.69) is 0 Å². The molecule has 2 amide bonds. The van der Waals surface area contributed by atoms with E-state index in [0.717, 1.165) is 38.8 Å². The summed E-state index contributed by atoms with van der Waals surface area (Å²) in [6.07, 6.45) is 5.11. The molecule has 0 aromatic rings. The van der Waals surface area contributed by atoms with Crippen LogP contribution in [-0.4, -0.2) is 61.5 Å². The summed E-state index contributed by atoms with van der Waals surface area (Å²) >= 11 is 0. The van der Waals surface area contributed by atoms with E-state index in [4.69, 9.17) is 4.74 Å². The average Bonchev–Trinajstić information content (AvgIpc) is 2.48. The van der Waals surface area contributed by atoms with Crippen molar-refractivity contribution in [1.29, 1.82) is 0 Å². The van der Waals surface area contributed by atoms with Crippen LogP contribution in [0.5, 0.6) is 0 Å². The first-order chi connectivity index (χ1) is 9.22. The lowest BCUT2D eigenvalue weighted by Gasteiger charge is -2.35. The standard InChI is InChI=1S/C14H24N2O3/c1-19-11-13(17)15-9-5-12(6-10-15)14(18)16-7-3-2-4-8-16/h12H,2-11H2,1H3. The molecule has 0 spiro atoms. The molecule has 0 radical (unpaired) electrons. The molecule has 108 valence electrons. The number of hydrogen-bond acceptors (Lipinski definition) is 3. The molecule has 19 heavy (non-hydrogen) atoms. The molecule has 0 aromatic heterocycles. The highest BCUT2D eigenvalue weighted by molar-refractivity contribution is 5.80. The van der Waals surface area contributed by atoms with Crippen molar-refractivity contribution in [2.45, 2.75) is 32.1 Å². The molecule has 2 saturated heterocycles. The molecule has 2 fully saturated rings. The normalized spacial score (nSPS) is 21.5. The van der Waals surface area contributed by atoms with Crippen LogP contribution in [0.25, 0.3) is 0 Å². The Labute approximate surface area is 114 Å². The summed E-state index contributed by atoms with van der Waals surface area (Å²) in [5, 5.41) is 0. The predicted octanol–water partition coefficient (Wildman–Crippen LogP) is 0.884. The predicted molar refractivity (Wildman–Crippen MR) is 71.6 cm³/mol. The molecular weight excluding hydrogens is 244 g/mol. The Balaban J connectivity index is 1.79. The summed E-state index contributed by atoms with van der Waals surface area (Å²) in [6.45, 7) is 3.35. The van der Waals surface area contributed by atoms with Gasteiger partial charge in [-0.25, -0.2) is 0 Å². The SMILES string of the molecule is COCC(=O)N1CCC(C(=O)N2CCCCC2)CC1. The summed E-state index contributed by atoms with van der Waals surface area (Å²) in [4.78, 5) is 27.9. The van der Waals surface area contributed by atoms with Crippen LogP contribution in [0.15, 0.2) is 0 Å². The van der Waals surface area contributed by atoms with Crippen molar-refractivity contribution in [3.63, 3.8) is 0 Å². The Bertz CT molecular complexity index is 319. The smallest absolute Gasteiger partial charge is 0.248 e. The van der Waals surface area contributed by atoms with Crippen LogP contribution >= 0.6 is 0 Å². The van der Waals surface area contributed by atoms with Crippen LogP contribution in [0.2, 0.25) is 0 Å². The molecule has 5 nitrogen and oxygen atoms in total. The molecule has 2 rings (SSSR count). The van der Waals surface area contributed by atoms with Crippen molar-refractivity contribution < 1.29 is 14.3 Å². The first-order valence-corrected chi connectivity index (χ1v) is 7.28. The van der Waals surface area contributed by atoms with Crippen LogP contribution in [0.1, 0.15) is 32.1 Å². The van der Waals surface area contributed by atoms with Gasteiger partial charge in [-0.15, -0.1) is 0 Å². The fourth-order valence-corrected chi connectivity index (χ4v) is 2.96. The van der Waals surface area contributed by atoms with Gasteiger partial charge in [0.05, 0.1) is 0 Å². The number of rotatable bonds is 3. The van der Waals surface area contributed by atoms with Crippen LogP contribution in [0, 0.1) is 5.92 Å². The van der Waals surface area contributed by atoms with E-state index in [0.29, 0.717) is 19.0 Å². The third kappa shape index (κ3) is 3.69. The first-order valence-electron chi connectivity index (χ1n) is 7.28. The number of nitrogens with zero attached hydrogens (tertiary/aromatic N) is 2. The highest BCUT2D eigenvalue weighted by atomic mass is 16.5. The summed E-state index contributed by atoms with van der Waals surface area (Å²) < 4.78 is 4.86. The van der Waals surface area contributed by atoms with Crippen molar-refractivity contribution in [1.82, 2.24) is 9.80 Å². The second-order valence-electron chi connectivity index (χ2n) is 5.47. The van der Waals surface area contributed by atoms with Gasteiger partial charge in [-0.2, -0.15) is 0 Å². The zero-order valence-corrected chi connectivity index (χ0v) is 11.8. The lowest BCUT2D eigenvalue weighted by atomic mass is 9.94. The van der Waals surface area contributed by atoms with Gasteiger partial charge in [0, 0.05) is 39.2 Å². The molecule has 5 heteroatoms. The third-order valence-corrected chi connectivity index (χ3v) is 4.13. The minimum Gasteiger partial charge on any atom is -0.375 e. The summed E-state index contributed by atoms with van der Waals surface area (Å²) in [5.41, 5.74) is 0. The average molecular weight is 268 g/mol. The molecule has 2 aliphatic heterocycles. The van der Waals surface area contributed by atoms with Gasteiger partial charge in [0.1, 0.15) is 6.61 Å². The Morgan fingerprint density at radius 3 is 2.21 bits per heavy atom. The van der Waals surface area contributed by atoms with E-state index in [1.165, 1.54) is 13.5 Å². The van der Waals surface area contributed by atoms with Gasteiger partial charge in [-0.05, 0) is 32.1 Å². The van der Waals surface area contributed by atoms with E-state index in [1.807, 2.05) is 9.80 Å². The lowest BCUT2D eigenvalue weighted by molar-refractivity contribution is -0.142. The minimum absolute atomic E-state index is 0.0337. The summed E-state index contributed by atoms with van der Waals surface area (Å²) in [5.74, 6) is 0.453. The highest BCUT2D eigenvalue weighted by Crippen LogP contribution is 2.21. The van der Waals surface area contributed by atoms with E-state index >= 15 is 0 Å². The molecule has 2 heterocycles. The Morgan fingerprint density at radius 2 is 1.63 bits per heavy atom. The fraction of sp³-hybridized carbons (Fsp3) is 0.857. The molecule has 0 N–H and O–H groups in total. The van der Waals surface area contributed by atoms with Crippen LogP contribution in [0.4, 0.5) is 0 Å². The van der Waals surface area contributed by atoms with Gasteiger partial charge < -0.3 is 14.5 Å². The van der Waals surface area contributed by atoms with Gasteiger partial charge >= 0.3 is 0 Å². The van der Waals surface area contributed by atoms with Crippen molar-refractivity contribution in [2.75, 3.05) is 39.9 Å². The van der Waals surface area contributed by atoms with E-state index in [9.17, 15) is 9.59 Å². The van der Waals surface area contributed by atoms with Gasteiger partial charge in [0.15, 0.2) is 0 Å². The van der Waals surface area contributed by atoms with Gasteiger partial charge in [0.25, 0.3) is 0 Å². The van der Waals surface area contributed by atoms with E-state index in [-0.39, 0.29) is 18.4 Å². The molecule has 0 aliphatic carbocycles. The lowest BCUT2D eigenvalue weighted by Crippen LogP contribution is -2.46. The highest BCUT2D eigenvalue weighted by Gasteiger charge is 2.30. The maximum atomic E-state index is 12.4. The molecule has 2 aliphatic rings. The Hall–Kier alpha value is -1.10. The zero-order chi connectivity index (χ0) is 13.7. The van der Waals surface area contributed by atoms with Crippen molar-refractivity contribution >= 4 is 11.8 Å². The number of carbonyl (C=O) groups is 2. The van der Waals surface area contributed by atoms with Crippen molar-refractivity contribution in [3.8, 4) is 0 Å². The van der Waals surface area contributed by atoms with Gasteiger partial charge in [-0.1, -0.05) is 0 Å². The monoisotopic (exact) mass is 268 g/mol. The topological polar surface area (TPSA) is 49.9 Å². The quantitative estimate of drug-likeness (QED) is 0.763. The van der Waals surface area contributed by atoms with Gasteiger partial charge in [0.2, 0.25) is 11.8 Å². The molecule has 0 bridgehead atoms. The number of likely N-dealkylation sites (tertiary alicyclic amines) is 2. The number of hydrogen-bond donors (Lipinski definition) is 0. The maximum absolute atomic E-state index is 12.4. The number of ether oxygens (including phenoxy) is 1. The van der Waals surface area contributed by atoms with E-state index < -0.39 is 0 Å². The van der Waals surface area contributed by atoms with Gasteiger partial charge in [-0.3, -0.25) is 9.59 Å². The Kier molecular flexibility index (Phi) is 5.19. The molecule has 0 unspecified atom stereocenters. The molecule has 0 atom stereocenters. The summed E-state index contributed by atoms with van der Waals surface area (Å²) in [6, 6.07) is 0. The fourth-order valence-electron chi connectivity index (χ4n) is 2.96. The summed E-state index contributed by atoms with van der Waals surface area (Å²) in [7, 11) is 1.53. The number of methoxy groups -OCH3 is 1. The molecule has 0 saturated carbocycles.